The number of pyridine rings is 1. The summed E-state index contributed by atoms with van der Waals surface area (Å²) in [5.41, 5.74) is 6.35. The molecule has 0 unspecified atom stereocenters. The van der Waals surface area contributed by atoms with Crippen molar-refractivity contribution in [3.63, 3.8) is 0 Å². The van der Waals surface area contributed by atoms with E-state index in [1.54, 1.807) is 0 Å². The Morgan fingerprint density at radius 2 is 1.68 bits per heavy atom. The smallest absolute Gasteiger partial charge is 0.256 e. The van der Waals surface area contributed by atoms with Gasteiger partial charge >= 0.3 is 0 Å². The highest BCUT2D eigenvalue weighted by Gasteiger charge is 2.25. The number of fused-ring (bicyclic) bond motifs is 5. The van der Waals surface area contributed by atoms with Crippen LogP contribution in [0.2, 0.25) is 0 Å². The molecule has 1 aliphatic heterocycles. The van der Waals surface area contributed by atoms with Crippen LogP contribution in [-0.2, 0) is 13.0 Å². The fourth-order valence-corrected chi connectivity index (χ4v) is 4.51. The third kappa shape index (κ3) is 2.42. The van der Waals surface area contributed by atoms with Crippen LogP contribution in [0.5, 0.6) is 0 Å². The van der Waals surface area contributed by atoms with Crippen molar-refractivity contribution >= 4 is 10.8 Å². The van der Waals surface area contributed by atoms with Gasteiger partial charge in [-0.15, -0.1) is 0 Å². The number of aromatic nitrogens is 1. The highest BCUT2D eigenvalue weighted by atomic mass is 16.1. The summed E-state index contributed by atoms with van der Waals surface area (Å²) in [6, 6.07) is 14.5. The van der Waals surface area contributed by atoms with Crippen LogP contribution in [0.1, 0.15) is 36.0 Å². The molecule has 0 radical (unpaired) electrons. The Kier molecular flexibility index (Phi) is 3.49. The van der Waals surface area contributed by atoms with Gasteiger partial charge in [-0.25, -0.2) is 0 Å². The van der Waals surface area contributed by atoms with Gasteiger partial charge in [0.05, 0.1) is 5.69 Å². The predicted octanol–water partition coefficient (Wildman–Crippen LogP) is 4.09. The SMILES string of the molecule is O=c1[nH]c2c(c3ccccc13)Cc1c(CN3CCCCC3)cccc1-2. The van der Waals surface area contributed by atoms with Gasteiger partial charge in [-0.05, 0) is 54.1 Å². The van der Waals surface area contributed by atoms with Gasteiger partial charge in [0, 0.05) is 23.9 Å². The number of hydrogen-bond donors (Lipinski definition) is 1. The van der Waals surface area contributed by atoms with E-state index in [4.69, 9.17) is 0 Å². The molecule has 3 nitrogen and oxygen atoms in total. The fourth-order valence-electron chi connectivity index (χ4n) is 4.51. The third-order valence-corrected chi connectivity index (χ3v) is 5.78. The molecule has 0 amide bonds. The molecule has 2 heterocycles. The highest BCUT2D eigenvalue weighted by molar-refractivity contribution is 5.93. The van der Waals surface area contributed by atoms with Crippen LogP contribution in [0.3, 0.4) is 0 Å². The first kappa shape index (κ1) is 14.9. The van der Waals surface area contributed by atoms with Gasteiger partial charge in [0.15, 0.2) is 0 Å². The van der Waals surface area contributed by atoms with Crippen molar-refractivity contribution in [2.75, 3.05) is 13.1 Å². The molecule has 2 aliphatic rings. The van der Waals surface area contributed by atoms with E-state index >= 15 is 0 Å². The Morgan fingerprint density at radius 3 is 2.52 bits per heavy atom. The van der Waals surface area contributed by atoms with Crippen LogP contribution in [0, 0.1) is 0 Å². The maximum atomic E-state index is 12.5. The summed E-state index contributed by atoms with van der Waals surface area (Å²) in [5.74, 6) is 0. The van der Waals surface area contributed by atoms with Crippen LogP contribution in [-0.4, -0.2) is 23.0 Å². The molecule has 3 heteroatoms. The second-order valence-electron chi connectivity index (χ2n) is 7.31. The van der Waals surface area contributed by atoms with E-state index in [9.17, 15) is 4.79 Å². The second-order valence-corrected chi connectivity index (χ2v) is 7.31. The number of H-pyrrole nitrogens is 1. The molecule has 3 aromatic rings. The lowest BCUT2D eigenvalue weighted by Crippen LogP contribution is -2.29. The van der Waals surface area contributed by atoms with Gasteiger partial charge in [0.2, 0.25) is 0 Å². The molecule has 1 aliphatic carbocycles. The van der Waals surface area contributed by atoms with Crippen molar-refractivity contribution in [3.8, 4) is 11.3 Å². The summed E-state index contributed by atoms with van der Waals surface area (Å²) in [4.78, 5) is 18.2. The molecule has 1 aromatic heterocycles. The first-order chi connectivity index (χ1) is 12.3. The van der Waals surface area contributed by atoms with Crippen LogP contribution in [0.15, 0.2) is 47.3 Å². The predicted molar refractivity (Wildman–Crippen MR) is 102 cm³/mol. The maximum Gasteiger partial charge on any atom is 0.256 e. The first-order valence-corrected chi connectivity index (χ1v) is 9.28. The number of rotatable bonds is 2. The Morgan fingerprint density at radius 1 is 0.880 bits per heavy atom. The molecular weight excluding hydrogens is 308 g/mol. The van der Waals surface area contributed by atoms with Crippen molar-refractivity contribution in [3.05, 3.63) is 69.5 Å². The normalized spacial score (nSPS) is 16.8. The molecular formula is C22H22N2O. The van der Waals surface area contributed by atoms with Crippen LogP contribution >= 0.6 is 0 Å². The zero-order valence-electron chi connectivity index (χ0n) is 14.3. The van der Waals surface area contributed by atoms with Crippen LogP contribution < -0.4 is 5.56 Å². The van der Waals surface area contributed by atoms with Crippen LogP contribution in [0.4, 0.5) is 0 Å². The van der Waals surface area contributed by atoms with Crippen molar-refractivity contribution in [2.45, 2.75) is 32.2 Å². The minimum atomic E-state index is 0.0173. The number of hydrogen-bond acceptors (Lipinski definition) is 2. The minimum Gasteiger partial charge on any atom is -0.321 e. The van der Waals surface area contributed by atoms with E-state index < -0.39 is 0 Å². The molecule has 1 N–H and O–H groups in total. The van der Waals surface area contributed by atoms with Gasteiger partial charge < -0.3 is 4.98 Å². The topological polar surface area (TPSA) is 36.1 Å². The largest absolute Gasteiger partial charge is 0.321 e. The third-order valence-electron chi connectivity index (χ3n) is 5.78. The quantitative estimate of drug-likeness (QED) is 0.601. The van der Waals surface area contributed by atoms with Gasteiger partial charge in [-0.3, -0.25) is 9.69 Å². The fraction of sp³-hybridized carbons (Fsp3) is 0.318. The minimum absolute atomic E-state index is 0.0173. The lowest BCUT2D eigenvalue weighted by Gasteiger charge is -2.27. The number of benzene rings is 2. The van der Waals surface area contributed by atoms with Gasteiger partial charge in [-0.2, -0.15) is 0 Å². The highest BCUT2D eigenvalue weighted by Crippen LogP contribution is 2.39. The summed E-state index contributed by atoms with van der Waals surface area (Å²) >= 11 is 0. The average Bonchev–Trinajstić information content (AvgIpc) is 3.03. The number of piperidine rings is 1. The average molecular weight is 330 g/mol. The van der Waals surface area contributed by atoms with Gasteiger partial charge in [0.25, 0.3) is 5.56 Å². The summed E-state index contributed by atoms with van der Waals surface area (Å²) in [7, 11) is 0. The second kappa shape index (κ2) is 5.85. The standard InChI is InChI=1S/C22H22N2O/c25-22-18-9-3-2-8-16(18)20-13-19-15(14-24-11-4-1-5-12-24)7-6-10-17(19)21(20)23-22/h2-3,6-10H,1,4-5,11-14H2,(H,23,25). The van der Waals surface area contributed by atoms with E-state index in [1.807, 2.05) is 18.2 Å². The molecule has 0 bridgehead atoms. The molecule has 0 saturated carbocycles. The van der Waals surface area contributed by atoms with Gasteiger partial charge in [-0.1, -0.05) is 42.8 Å². The van der Waals surface area contributed by atoms with E-state index in [-0.39, 0.29) is 5.56 Å². The number of likely N-dealkylation sites (tertiary alicyclic amines) is 1. The monoisotopic (exact) mass is 330 g/mol. The number of nitrogens with one attached hydrogen (secondary N) is 1. The molecule has 5 rings (SSSR count). The zero-order valence-corrected chi connectivity index (χ0v) is 14.3. The summed E-state index contributed by atoms with van der Waals surface area (Å²) in [6.45, 7) is 3.44. The summed E-state index contributed by atoms with van der Waals surface area (Å²) in [5, 5.41) is 1.90. The Balaban J connectivity index is 1.61. The van der Waals surface area contributed by atoms with Crippen LogP contribution in [0.25, 0.3) is 22.0 Å². The Labute approximate surface area is 147 Å². The molecule has 1 fully saturated rings. The van der Waals surface area contributed by atoms with E-state index in [2.05, 4.69) is 34.1 Å². The molecule has 2 aromatic carbocycles. The van der Waals surface area contributed by atoms with Gasteiger partial charge in [0.1, 0.15) is 0 Å². The Hall–Kier alpha value is -2.39. The van der Waals surface area contributed by atoms with Crippen molar-refractivity contribution in [2.24, 2.45) is 0 Å². The summed E-state index contributed by atoms with van der Waals surface area (Å²) < 4.78 is 0. The lowest BCUT2D eigenvalue weighted by molar-refractivity contribution is 0.220. The summed E-state index contributed by atoms with van der Waals surface area (Å²) in [6.07, 6.45) is 4.91. The molecule has 25 heavy (non-hydrogen) atoms. The zero-order chi connectivity index (χ0) is 16.8. The molecule has 0 spiro atoms. The number of nitrogens with zero attached hydrogens (tertiary/aromatic N) is 1. The number of aromatic amines is 1. The Bertz CT molecular complexity index is 1010. The maximum absolute atomic E-state index is 12.5. The molecule has 0 atom stereocenters. The molecule has 1 saturated heterocycles. The first-order valence-electron chi connectivity index (χ1n) is 9.28. The van der Waals surface area contributed by atoms with E-state index in [1.165, 1.54) is 54.6 Å². The van der Waals surface area contributed by atoms with Crippen molar-refractivity contribution in [1.29, 1.82) is 0 Å². The lowest BCUT2D eigenvalue weighted by atomic mass is 10.0. The van der Waals surface area contributed by atoms with Crippen molar-refractivity contribution in [1.82, 2.24) is 9.88 Å². The van der Waals surface area contributed by atoms with E-state index in [0.29, 0.717) is 0 Å². The van der Waals surface area contributed by atoms with Crippen molar-refractivity contribution < 1.29 is 0 Å². The molecule has 126 valence electrons. The van der Waals surface area contributed by atoms with E-state index in [0.717, 1.165) is 29.4 Å².